The van der Waals surface area contributed by atoms with Crippen LogP contribution in [0.3, 0.4) is 0 Å². The SMILES string of the molecule is CCC1c2cc(-c3ccccc3C)[n+](C)cc2C(C)(C)C1(C)C. The van der Waals surface area contributed by atoms with Crippen molar-refractivity contribution in [1.29, 1.82) is 0 Å². The zero-order chi connectivity index (χ0) is 17.0. The molecule has 0 spiro atoms. The highest BCUT2D eigenvalue weighted by Gasteiger charge is 2.53. The molecule has 23 heavy (non-hydrogen) atoms. The Balaban J connectivity index is 2.27. The summed E-state index contributed by atoms with van der Waals surface area (Å²) in [5.41, 5.74) is 7.57. The van der Waals surface area contributed by atoms with Gasteiger partial charge in [-0.05, 0) is 41.9 Å². The van der Waals surface area contributed by atoms with E-state index in [1.807, 2.05) is 0 Å². The maximum atomic E-state index is 2.46. The summed E-state index contributed by atoms with van der Waals surface area (Å²) in [6.45, 7) is 14.2. The molecule has 0 saturated carbocycles. The third kappa shape index (κ3) is 2.16. The third-order valence-corrected chi connectivity index (χ3v) is 6.67. The lowest BCUT2D eigenvalue weighted by atomic mass is 9.64. The van der Waals surface area contributed by atoms with Crippen LogP contribution in [-0.2, 0) is 12.5 Å². The molecule has 1 aromatic heterocycles. The average molecular weight is 308 g/mol. The second kappa shape index (κ2) is 5.19. The quantitative estimate of drug-likeness (QED) is 0.663. The fourth-order valence-electron chi connectivity index (χ4n) is 4.50. The van der Waals surface area contributed by atoms with Crippen LogP contribution in [0.5, 0.6) is 0 Å². The van der Waals surface area contributed by atoms with E-state index >= 15 is 0 Å². The van der Waals surface area contributed by atoms with Gasteiger partial charge in [-0.3, -0.25) is 0 Å². The minimum absolute atomic E-state index is 0.199. The first-order chi connectivity index (χ1) is 10.7. The molecule has 0 amide bonds. The summed E-state index contributed by atoms with van der Waals surface area (Å²) in [5.74, 6) is 0.622. The predicted molar refractivity (Wildman–Crippen MR) is 97.6 cm³/mol. The van der Waals surface area contributed by atoms with Crippen molar-refractivity contribution < 1.29 is 4.57 Å². The fraction of sp³-hybridized carbons (Fsp3) is 0.500. The highest BCUT2D eigenvalue weighted by atomic mass is 14.9. The van der Waals surface area contributed by atoms with E-state index in [0.717, 1.165) is 0 Å². The Morgan fingerprint density at radius 2 is 1.74 bits per heavy atom. The molecule has 2 aromatic rings. The number of fused-ring (bicyclic) bond motifs is 1. The highest BCUT2D eigenvalue weighted by Crippen LogP contribution is 2.59. The van der Waals surface area contributed by atoms with Gasteiger partial charge in [-0.15, -0.1) is 0 Å². The van der Waals surface area contributed by atoms with Crippen molar-refractivity contribution in [3.63, 3.8) is 0 Å². The summed E-state index contributed by atoms with van der Waals surface area (Å²) in [6, 6.07) is 11.2. The molecule has 1 aromatic carbocycles. The Labute approximate surface area is 141 Å². The van der Waals surface area contributed by atoms with Gasteiger partial charge in [0.2, 0.25) is 5.69 Å². The van der Waals surface area contributed by atoms with Crippen molar-refractivity contribution in [2.45, 2.75) is 59.3 Å². The summed E-state index contributed by atoms with van der Waals surface area (Å²) >= 11 is 0. The second-order valence-corrected chi connectivity index (χ2v) is 8.26. The molecule has 0 aliphatic heterocycles. The smallest absolute Gasteiger partial charge is 0.201 e. The maximum absolute atomic E-state index is 2.46. The van der Waals surface area contributed by atoms with Crippen molar-refractivity contribution >= 4 is 0 Å². The lowest BCUT2D eigenvalue weighted by Crippen LogP contribution is -2.37. The molecule has 3 rings (SSSR count). The monoisotopic (exact) mass is 308 g/mol. The first-order valence-electron chi connectivity index (χ1n) is 8.82. The Hall–Kier alpha value is -1.63. The van der Waals surface area contributed by atoms with Gasteiger partial charge in [-0.2, -0.15) is 0 Å². The van der Waals surface area contributed by atoms with Crippen LogP contribution in [0.1, 0.15) is 63.6 Å². The molecule has 0 fully saturated rings. The van der Waals surface area contributed by atoms with Crippen LogP contribution in [0.4, 0.5) is 0 Å². The molecule has 1 unspecified atom stereocenters. The van der Waals surface area contributed by atoms with Gasteiger partial charge in [0.25, 0.3) is 0 Å². The number of aryl methyl sites for hydroxylation is 2. The number of benzene rings is 1. The standard InChI is InChI=1S/C22H30N/c1-8-18-17-13-20(16-12-10-9-11-15(16)2)23(7)14-19(17)22(5,6)21(18,3)4/h9-14,18H,8H2,1-7H3/q+1. The minimum atomic E-state index is 0.199. The van der Waals surface area contributed by atoms with Gasteiger partial charge in [-0.1, -0.05) is 52.8 Å². The van der Waals surface area contributed by atoms with Crippen LogP contribution in [0.15, 0.2) is 36.5 Å². The highest BCUT2D eigenvalue weighted by molar-refractivity contribution is 5.63. The van der Waals surface area contributed by atoms with E-state index < -0.39 is 0 Å². The van der Waals surface area contributed by atoms with Crippen LogP contribution in [0, 0.1) is 12.3 Å². The van der Waals surface area contributed by atoms with Gasteiger partial charge >= 0.3 is 0 Å². The number of aromatic nitrogens is 1. The molecule has 1 heterocycles. The predicted octanol–water partition coefficient (Wildman–Crippen LogP) is 5.30. The largest absolute Gasteiger partial charge is 0.212 e. The van der Waals surface area contributed by atoms with Crippen molar-refractivity contribution in [3.8, 4) is 11.3 Å². The van der Waals surface area contributed by atoms with Gasteiger partial charge < -0.3 is 0 Å². The van der Waals surface area contributed by atoms with E-state index in [2.05, 4.69) is 89.7 Å². The zero-order valence-corrected chi connectivity index (χ0v) is 15.7. The van der Waals surface area contributed by atoms with Crippen LogP contribution in [0.2, 0.25) is 0 Å². The molecule has 1 heteroatoms. The van der Waals surface area contributed by atoms with Crippen molar-refractivity contribution in [2.24, 2.45) is 12.5 Å². The van der Waals surface area contributed by atoms with E-state index in [-0.39, 0.29) is 10.8 Å². The molecule has 1 aliphatic carbocycles. The Morgan fingerprint density at radius 3 is 2.35 bits per heavy atom. The molecular weight excluding hydrogens is 278 g/mol. The second-order valence-electron chi connectivity index (χ2n) is 8.26. The van der Waals surface area contributed by atoms with E-state index in [1.54, 1.807) is 5.56 Å². The first-order valence-corrected chi connectivity index (χ1v) is 8.82. The third-order valence-electron chi connectivity index (χ3n) is 6.67. The maximum Gasteiger partial charge on any atom is 0.212 e. The first kappa shape index (κ1) is 16.2. The lowest BCUT2D eigenvalue weighted by molar-refractivity contribution is -0.661. The van der Waals surface area contributed by atoms with E-state index in [9.17, 15) is 0 Å². The average Bonchev–Trinajstić information content (AvgIpc) is 2.63. The number of rotatable bonds is 2. The van der Waals surface area contributed by atoms with E-state index in [0.29, 0.717) is 5.92 Å². The molecule has 0 bridgehead atoms. The molecule has 122 valence electrons. The summed E-state index contributed by atoms with van der Waals surface area (Å²) in [6.07, 6.45) is 3.58. The van der Waals surface area contributed by atoms with Gasteiger partial charge in [0.15, 0.2) is 6.20 Å². The number of nitrogens with zero attached hydrogens (tertiary/aromatic N) is 1. The van der Waals surface area contributed by atoms with Gasteiger partial charge in [-0.25, -0.2) is 4.57 Å². The summed E-state index contributed by atoms with van der Waals surface area (Å²) in [5, 5.41) is 0. The number of hydrogen-bond acceptors (Lipinski definition) is 0. The van der Waals surface area contributed by atoms with Crippen LogP contribution >= 0.6 is 0 Å². The summed E-state index contributed by atoms with van der Waals surface area (Å²) in [4.78, 5) is 0. The molecule has 1 aliphatic rings. The molecular formula is C22H30N+. The molecule has 0 radical (unpaired) electrons. The van der Waals surface area contributed by atoms with Gasteiger partial charge in [0.1, 0.15) is 7.05 Å². The van der Waals surface area contributed by atoms with Crippen molar-refractivity contribution in [1.82, 2.24) is 0 Å². The van der Waals surface area contributed by atoms with E-state index in [1.165, 1.54) is 28.8 Å². The van der Waals surface area contributed by atoms with Crippen molar-refractivity contribution in [3.05, 3.63) is 53.2 Å². The molecule has 1 atom stereocenters. The Bertz CT molecular complexity index is 753. The Morgan fingerprint density at radius 1 is 1.09 bits per heavy atom. The van der Waals surface area contributed by atoms with Crippen LogP contribution in [-0.4, -0.2) is 0 Å². The normalized spacial score (nSPS) is 21.3. The number of pyridine rings is 1. The molecule has 0 N–H and O–H groups in total. The number of hydrogen-bond donors (Lipinski definition) is 0. The lowest BCUT2D eigenvalue weighted by Gasteiger charge is -2.39. The van der Waals surface area contributed by atoms with E-state index in [4.69, 9.17) is 0 Å². The minimum Gasteiger partial charge on any atom is -0.201 e. The molecule has 1 nitrogen and oxygen atoms in total. The van der Waals surface area contributed by atoms with Gasteiger partial charge in [0, 0.05) is 22.6 Å². The van der Waals surface area contributed by atoms with Gasteiger partial charge in [0.05, 0.1) is 0 Å². The summed E-state index contributed by atoms with van der Waals surface area (Å²) in [7, 11) is 2.18. The van der Waals surface area contributed by atoms with Crippen LogP contribution in [0.25, 0.3) is 11.3 Å². The van der Waals surface area contributed by atoms with Crippen LogP contribution < -0.4 is 4.57 Å². The fourth-order valence-corrected chi connectivity index (χ4v) is 4.50. The van der Waals surface area contributed by atoms with Crippen molar-refractivity contribution in [2.75, 3.05) is 0 Å². The zero-order valence-electron chi connectivity index (χ0n) is 15.7. The topological polar surface area (TPSA) is 3.88 Å². The molecule has 0 saturated heterocycles. The summed E-state index contributed by atoms with van der Waals surface area (Å²) < 4.78 is 2.32. The Kier molecular flexibility index (Phi) is 3.66.